The lowest BCUT2D eigenvalue weighted by atomic mass is 10.0. The van der Waals surface area contributed by atoms with E-state index in [1.54, 1.807) is 12.3 Å². The van der Waals surface area contributed by atoms with Crippen LogP contribution in [0.4, 0.5) is 0 Å². The van der Waals surface area contributed by atoms with E-state index in [1.165, 1.54) is 0 Å². The Morgan fingerprint density at radius 2 is 1.88 bits per heavy atom. The van der Waals surface area contributed by atoms with Gasteiger partial charge in [-0.1, -0.05) is 40.9 Å². The third kappa shape index (κ3) is 2.89. The zero-order valence-electron chi connectivity index (χ0n) is 9.04. The highest BCUT2D eigenvalue weighted by molar-refractivity contribution is 6.42. The summed E-state index contributed by atoms with van der Waals surface area (Å²) >= 11 is 17.7. The Hall–Kier alpha value is -0.830. The van der Waals surface area contributed by atoms with Gasteiger partial charge in [-0.3, -0.25) is 0 Å². The zero-order valence-corrected chi connectivity index (χ0v) is 11.3. The van der Waals surface area contributed by atoms with Crippen molar-refractivity contribution in [1.29, 1.82) is 0 Å². The molecule has 0 radical (unpaired) electrons. The minimum absolute atomic E-state index is 0.433. The monoisotopic (exact) mass is 286 g/mol. The lowest BCUT2D eigenvalue weighted by Gasteiger charge is -2.06. The Kier molecular flexibility index (Phi) is 3.87. The second kappa shape index (κ2) is 5.21. The molecule has 0 N–H and O–H groups in total. The standard InChI is InChI=1S/C12H9Cl3N2/c1-7-9(6-16-17-12(7)15)4-8-2-3-10(13)11(14)5-8/h2-3,5-6H,4H2,1H3. The molecule has 0 amide bonds. The number of halogens is 3. The molecule has 1 aromatic carbocycles. The van der Waals surface area contributed by atoms with Gasteiger partial charge in [-0.15, -0.1) is 5.10 Å². The molecule has 0 unspecified atom stereocenters. The van der Waals surface area contributed by atoms with Crippen LogP contribution < -0.4 is 0 Å². The van der Waals surface area contributed by atoms with Crippen LogP contribution >= 0.6 is 34.8 Å². The third-order valence-corrected chi connectivity index (χ3v) is 3.63. The van der Waals surface area contributed by atoms with Gasteiger partial charge in [0.15, 0.2) is 5.15 Å². The molecule has 88 valence electrons. The van der Waals surface area contributed by atoms with E-state index in [0.717, 1.165) is 16.7 Å². The summed E-state index contributed by atoms with van der Waals surface area (Å²) in [6.07, 6.45) is 2.42. The number of aromatic nitrogens is 2. The highest BCUT2D eigenvalue weighted by Crippen LogP contribution is 2.25. The van der Waals surface area contributed by atoms with Crippen LogP contribution in [-0.4, -0.2) is 10.2 Å². The minimum Gasteiger partial charge on any atom is -0.157 e. The van der Waals surface area contributed by atoms with Crippen molar-refractivity contribution in [2.45, 2.75) is 13.3 Å². The van der Waals surface area contributed by atoms with Gasteiger partial charge in [0.05, 0.1) is 16.2 Å². The first-order valence-electron chi connectivity index (χ1n) is 4.98. The summed E-state index contributed by atoms with van der Waals surface area (Å²) in [5, 5.41) is 9.16. The maximum Gasteiger partial charge on any atom is 0.154 e. The van der Waals surface area contributed by atoms with Crippen LogP contribution in [0.2, 0.25) is 15.2 Å². The lowest BCUT2D eigenvalue weighted by Crippen LogP contribution is -1.96. The lowest BCUT2D eigenvalue weighted by molar-refractivity contribution is 0.973. The Balaban J connectivity index is 2.31. The van der Waals surface area contributed by atoms with Crippen molar-refractivity contribution in [3.63, 3.8) is 0 Å². The zero-order chi connectivity index (χ0) is 12.4. The van der Waals surface area contributed by atoms with E-state index in [0.29, 0.717) is 21.6 Å². The second-order valence-electron chi connectivity index (χ2n) is 3.71. The maximum atomic E-state index is 5.97. The molecule has 0 saturated carbocycles. The van der Waals surface area contributed by atoms with E-state index in [-0.39, 0.29) is 0 Å². The normalized spacial score (nSPS) is 10.6. The molecule has 0 fully saturated rings. The third-order valence-electron chi connectivity index (χ3n) is 2.53. The second-order valence-corrected chi connectivity index (χ2v) is 4.88. The number of benzene rings is 1. The van der Waals surface area contributed by atoms with Gasteiger partial charge >= 0.3 is 0 Å². The van der Waals surface area contributed by atoms with Crippen LogP contribution in [0, 0.1) is 6.92 Å². The first kappa shape index (κ1) is 12.6. The van der Waals surface area contributed by atoms with Gasteiger partial charge in [0.25, 0.3) is 0 Å². The molecule has 2 nitrogen and oxygen atoms in total. The molecule has 2 rings (SSSR count). The van der Waals surface area contributed by atoms with Crippen LogP contribution in [0.3, 0.4) is 0 Å². The van der Waals surface area contributed by atoms with E-state index in [9.17, 15) is 0 Å². The van der Waals surface area contributed by atoms with Crippen LogP contribution in [0.15, 0.2) is 24.4 Å². The van der Waals surface area contributed by atoms with Crippen molar-refractivity contribution in [2.75, 3.05) is 0 Å². The van der Waals surface area contributed by atoms with E-state index >= 15 is 0 Å². The predicted octanol–water partition coefficient (Wildman–Crippen LogP) is 4.34. The van der Waals surface area contributed by atoms with E-state index in [2.05, 4.69) is 10.2 Å². The number of rotatable bonds is 2. The minimum atomic E-state index is 0.433. The number of hydrogen-bond acceptors (Lipinski definition) is 2. The average Bonchev–Trinajstić information content (AvgIpc) is 2.30. The van der Waals surface area contributed by atoms with Gasteiger partial charge in [0.1, 0.15) is 0 Å². The summed E-state index contributed by atoms with van der Waals surface area (Å²) in [5.41, 5.74) is 3.03. The molecule has 1 aromatic heterocycles. The highest BCUT2D eigenvalue weighted by atomic mass is 35.5. The van der Waals surface area contributed by atoms with E-state index < -0.39 is 0 Å². The Labute approximate surface area is 115 Å². The molecule has 0 atom stereocenters. The summed E-state index contributed by atoms with van der Waals surface area (Å²) in [6.45, 7) is 1.92. The van der Waals surface area contributed by atoms with Crippen molar-refractivity contribution >= 4 is 34.8 Å². The van der Waals surface area contributed by atoms with Crippen LogP contribution in [0.1, 0.15) is 16.7 Å². The molecule has 0 aliphatic carbocycles. The Morgan fingerprint density at radius 1 is 1.12 bits per heavy atom. The Morgan fingerprint density at radius 3 is 2.59 bits per heavy atom. The largest absolute Gasteiger partial charge is 0.157 e. The smallest absolute Gasteiger partial charge is 0.154 e. The van der Waals surface area contributed by atoms with Crippen molar-refractivity contribution < 1.29 is 0 Å². The predicted molar refractivity (Wildman–Crippen MR) is 71.0 cm³/mol. The topological polar surface area (TPSA) is 25.8 Å². The number of hydrogen-bond donors (Lipinski definition) is 0. The molecule has 0 spiro atoms. The molecule has 1 heterocycles. The van der Waals surface area contributed by atoms with Gasteiger partial charge < -0.3 is 0 Å². The fourth-order valence-corrected chi connectivity index (χ4v) is 1.99. The van der Waals surface area contributed by atoms with Crippen molar-refractivity contribution in [2.24, 2.45) is 0 Å². The maximum absolute atomic E-state index is 5.97. The van der Waals surface area contributed by atoms with Crippen LogP contribution in [-0.2, 0) is 6.42 Å². The molecule has 0 aliphatic rings. The quantitative estimate of drug-likeness (QED) is 0.821. The molecule has 0 saturated heterocycles. The fourth-order valence-electron chi connectivity index (χ4n) is 1.50. The Bertz CT molecular complexity index is 555. The molecular weight excluding hydrogens is 279 g/mol. The van der Waals surface area contributed by atoms with Crippen molar-refractivity contribution in [1.82, 2.24) is 10.2 Å². The molecule has 0 bridgehead atoms. The van der Waals surface area contributed by atoms with Gasteiger partial charge in [0.2, 0.25) is 0 Å². The summed E-state index contributed by atoms with van der Waals surface area (Å²) in [6, 6.07) is 5.56. The first-order chi connectivity index (χ1) is 8.08. The van der Waals surface area contributed by atoms with Gasteiger partial charge in [-0.2, -0.15) is 5.10 Å². The van der Waals surface area contributed by atoms with Gasteiger partial charge in [-0.25, -0.2) is 0 Å². The van der Waals surface area contributed by atoms with Crippen LogP contribution in [0.5, 0.6) is 0 Å². The molecule has 2 aromatic rings. The van der Waals surface area contributed by atoms with Gasteiger partial charge in [-0.05, 0) is 42.2 Å². The summed E-state index contributed by atoms with van der Waals surface area (Å²) < 4.78 is 0. The SMILES string of the molecule is Cc1c(Cc2ccc(Cl)c(Cl)c2)cnnc1Cl. The summed E-state index contributed by atoms with van der Waals surface area (Å²) in [5.74, 6) is 0. The van der Waals surface area contributed by atoms with E-state index in [4.69, 9.17) is 34.8 Å². The molecule has 5 heteroatoms. The first-order valence-corrected chi connectivity index (χ1v) is 6.12. The highest BCUT2D eigenvalue weighted by Gasteiger charge is 2.06. The number of nitrogens with zero attached hydrogens (tertiary/aromatic N) is 2. The van der Waals surface area contributed by atoms with Crippen molar-refractivity contribution in [3.05, 3.63) is 56.3 Å². The van der Waals surface area contributed by atoms with Crippen molar-refractivity contribution in [3.8, 4) is 0 Å². The fraction of sp³-hybridized carbons (Fsp3) is 0.167. The molecule has 17 heavy (non-hydrogen) atoms. The van der Waals surface area contributed by atoms with Crippen LogP contribution in [0.25, 0.3) is 0 Å². The summed E-state index contributed by atoms with van der Waals surface area (Å²) in [4.78, 5) is 0. The van der Waals surface area contributed by atoms with Gasteiger partial charge in [0, 0.05) is 0 Å². The van der Waals surface area contributed by atoms with E-state index in [1.807, 2.05) is 19.1 Å². The average molecular weight is 288 g/mol. The summed E-state index contributed by atoms with van der Waals surface area (Å²) in [7, 11) is 0. The molecular formula is C12H9Cl3N2. The molecule has 0 aliphatic heterocycles.